The molecular formula is C23H26N2O6. The average molecular weight is 426 g/mol. The molecule has 1 fully saturated rings. The maximum atomic E-state index is 12.5. The molecule has 8 nitrogen and oxygen atoms in total. The number of benzene rings is 1. The number of aryl methyl sites for hydroxylation is 1. The molecule has 0 radical (unpaired) electrons. The van der Waals surface area contributed by atoms with Crippen molar-refractivity contribution in [3.63, 3.8) is 0 Å². The number of fused-ring (bicyclic) bond motifs is 3. The van der Waals surface area contributed by atoms with E-state index >= 15 is 0 Å². The van der Waals surface area contributed by atoms with Crippen LogP contribution in [0.4, 0.5) is 0 Å². The summed E-state index contributed by atoms with van der Waals surface area (Å²) in [5.74, 6) is 6.45. The number of nitrogens with zero attached hydrogens (tertiary/aromatic N) is 2. The van der Waals surface area contributed by atoms with Gasteiger partial charge in [0.25, 0.3) is 0 Å². The number of hydrogen-bond acceptors (Lipinski definition) is 7. The first-order valence-electron chi connectivity index (χ1n) is 10.4. The minimum atomic E-state index is -0.309. The summed E-state index contributed by atoms with van der Waals surface area (Å²) >= 11 is 0. The number of hydrogen-bond donors (Lipinski definition) is 0. The molecule has 2 aliphatic rings. The smallest absolute Gasteiger partial charge is 0.351 e. The van der Waals surface area contributed by atoms with Gasteiger partial charge in [0.15, 0.2) is 0 Å². The van der Waals surface area contributed by atoms with Crippen LogP contribution in [0, 0.1) is 11.8 Å². The molecule has 0 aliphatic carbocycles. The van der Waals surface area contributed by atoms with E-state index in [1.165, 1.54) is 0 Å². The van der Waals surface area contributed by atoms with Crippen molar-refractivity contribution in [1.29, 1.82) is 0 Å². The first-order chi connectivity index (χ1) is 15.2. The van der Waals surface area contributed by atoms with E-state index in [9.17, 15) is 4.79 Å². The van der Waals surface area contributed by atoms with Gasteiger partial charge in [-0.2, -0.15) is 4.98 Å². The fraction of sp³-hybridized carbons (Fsp3) is 0.478. The Bertz CT molecular complexity index is 1020. The molecule has 1 aromatic heterocycles. The summed E-state index contributed by atoms with van der Waals surface area (Å²) in [4.78, 5) is 16.6. The van der Waals surface area contributed by atoms with Gasteiger partial charge in [0.2, 0.25) is 5.88 Å². The van der Waals surface area contributed by atoms with Crippen LogP contribution in [0.25, 0.3) is 11.3 Å². The predicted octanol–water partition coefficient (Wildman–Crippen LogP) is 1.28. The highest BCUT2D eigenvalue weighted by Gasteiger charge is 2.20. The summed E-state index contributed by atoms with van der Waals surface area (Å²) in [7, 11) is 1.64. The van der Waals surface area contributed by atoms with Gasteiger partial charge in [-0.3, -0.25) is 4.57 Å². The maximum absolute atomic E-state index is 12.5. The van der Waals surface area contributed by atoms with Crippen molar-refractivity contribution in [2.45, 2.75) is 19.1 Å². The number of ether oxygens (including phenoxy) is 5. The van der Waals surface area contributed by atoms with Crippen LogP contribution in [0.2, 0.25) is 0 Å². The number of rotatable bonds is 7. The molecule has 4 rings (SSSR count). The van der Waals surface area contributed by atoms with Gasteiger partial charge < -0.3 is 23.7 Å². The highest BCUT2D eigenvalue weighted by atomic mass is 16.6. The van der Waals surface area contributed by atoms with Crippen LogP contribution in [0.1, 0.15) is 11.1 Å². The second-order valence-corrected chi connectivity index (χ2v) is 7.26. The fourth-order valence-corrected chi connectivity index (χ4v) is 3.57. The second-order valence-electron chi connectivity index (χ2n) is 7.26. The molecular weight excluding hydrogens is 400 g/mol. The third-order valence-electron chi connectivity index (χ3n) is 5.11. The summed E-state index contributed by atoms with van der Waals surface area (Å²) in [6.45, 7) is 3.94. The lowest BCUT2D eigenvalue weighted by atomic mass is 9.95. The minimum absolute atomic E-state index is 0.152. The van der Waals surface area contributed by atoms with Gasteiger partial charge in [-0.25, -0.2) is 4.79 Å². The van der Waals surface area contributed by atoms with Crippen molar-refractivity contribution in [3.05, 3.63) is 45.9 Å². The Balaban J connectivity index is 1.48. The van der Waals surface area contributed by atoms with Crippen molar-refractivity contribution in [3.8, 4) is 29.0 Å². The number of methoxy groups -OCH3 is 1. The summed E-state index contributed by atoms with van der Waals surface area (Å²) in [5, 5.41) is 0. The van der Waals surface area contributed by atoms with Gasteiger partial charge in [-0.05, 0) is 24.1 Å². The zero-order valence-electron chi connectivity index (χ0n) is 17.6. The summed E-state index contributed by atoms with van der Waals surface area (Å²) < 4.78 is 28.7. The van der Waals surface area contributed by atoms with Crippen LogP contribution in [0.5, 0.6) is 5.88 Å². The highest BCUT2D eigenvalue weighted by molar-refractivity contribution is 5.67. The largest absolute Gasteiger partial charge is 0.475 e. The van der Waals surface area contributed by atoms with E-state index in [2.05, 4.69) is 22.9 Å². The van der Waals surface area contributed by atoms with Gasteiger partial charge in [0.1, 0.15) is 19.3 Å². The lowest BCUT2D eigenvalue weighted by Gasteiger charge is -2.24. The molecule has 164 valence electrons. The van der Waals surface area contributed by atoms with Crippen LogP contribution >= 0.6 is 0 Å². The molecule has 2 aliphatic heterocycles. The molecule has 1 saturated heterocycles. The molecule has 2 aromatic rings. The maximum Gasteiger partial charge on any atom is 0.351 e. The van der Waals surface area contributed by atoms with Gasteiger partial charge in [-0.1, -0.05) is 17.9 Å². The van der Waals surface area contributed by atoms with Crippen LogP contribution < -0.4 is 10.4 Å². The van der Waals surface area contributed by atoms with E-state index in [0.717, 1.165) is 28.8 Å². The number of aromatic nitrogens is 2. The molecule has 0 spiro atoms. The molecule has 31 heavy (non-hydrogen) atoms. The van der Waals surface area contributed by atoms with Gasteiger partial charge in [0.05, 0.1) is 38.7 Å². The van der Waals surface area contributed by atoms with Crippen molar-refractivity contribution < 1.29 is 23.7 Å². The van der Waals surface area contributed by atoms with Gasteiger partial charge in [-0.15, -0.1) is 0 Å². The van der Waals surface area contributed by atoms with Crippen LogP contribution in [0.3, 0.4) is 0 Å². The normalized spacial score (nSPS) is 17.3. The summed E-state index contributed by atoms with van der Waals surface area (Å²) in [6.07, 6.45) is 0.596. The van der Waals surface area contributed by atoms with E-state index < -0.39 is 0 Å². The quantitative estimate of drug-likeness (QED) is 0.487. The molecule has 0 N–H and O–H groups in total. The Morgan fingerprint density at radius 2 is 2.19 bits per heavy atom. The summed E-state index contributed by atoms with van der Waals surface area (Å²) in [5.41, 5.74) is 3.56. The van der Waals surface area contributed by atoms with Gasteiger partial charge in [0, 0.05) is 30.8 Å². The Hall–Kier alpha value is -2.70. The molecule has 0 unspecified atom stereocenters. The van der Waals surface area contributed by atoms with Crippen molar-refractivity contribution >= 4 is 0 Å². The minimum Gasteiger partial charge on any atom is -0.475 e. The van der Waals surface area contributed by atoms with E-state index in [1.54, 1.807) is 11.7 Å². The zero-order chi connectivity index (χ0) is 21.5. The lowest BCUT2D eigenvalue weighted by Crippen LogP contribution is -2.34. The van der Waals surface area contributed by atoms with Crippen LogP contribution in [-0.2, 0) is 31.9 Å². The predicted molar refractivity (Wildman–Crippen MR) is 113 cm³/mol. The van der Waals surface area contributed by atoms with E-state index in [0.29, 0.717) is 58.7 Å². The molecule has 8 heteroatoms. The average Bonchev–Trinajstić information content (AvgIpc) is 2.80. The van der Waals surface area contributed by atoms with Crippen molar-refractivity contribution in [2.24, 2.45) is 0 Å². The Morgan fingerprint density at radius 1 is 1.26 bits per heavy atom. The van der Waals surface area contributed by atoms with Crippen LogP contribution in [-0.4, -0.2) is 69.0 Å². The Labute approximate surface area is 181 Å². The van der Waals surface area contributed by atoms with Crippen molar-refractivity contribution in [2.75, 3.05) is 53.4 Å². The standard InChI is InChI=1S/C23H26N2O6/c1-27-9-10-28-8-2-3-17-4-5-20-18(13-17)6-7-25-21(20)14-22(24-23(25)26)31-16-19-15-29-11-12-30-19/h4-5,13-14,19H,6-12,15-16H2,1H3/t19-/m0/s1. The Morgan fingerprint density at radius 3 is 3.03 bits per heavy atom. The molecule has 0 amide bonds. The summed E-state index contributed by atoms with van der Waals surface area (Å²) in [6, 6.07) is 7.84. The Kier molecular flexibility index (Phi) is 7.33. The zero-order valence-corrected chi connectivity index (χ0v) is 17.6. The first kappa shape index (κ1) is 21.5. The first-order valence-corrected chi connectivity index (χ1v) is 10.4. The lowest BCUT2D eigenvalue weighted by molar-refractivity contribution is -0.102. The topological polar surface area (TPSA) is 81.0 Å². The van der Waals surface area contributed by atoms with E-state index in [4.69, 9.17) is 23.7 Å². The monoisotopic (exact) mass is 426 g/mol. The molecule has 1 aromatic carbocycles. The third-order valence-corrected chi connectivity index (χ3v) is 5.11. The molecule has 1 atom stereocenters. The van der Waals surface area contributed by atoms with E-state index in [-0.39, 0.29) is 11.8 Å². The highest BCUT2D eigenvalue weighted by Crippen LogP contribution is 2.30. The third kappa shape index (κ3) is 5.51. The molecule has 0 bridgehead atoms. The SMILES string of the molecule is COCCOCC#Cc1ccc2c(c1)CCn1c-2cc(OC[C@@H]2COCCO2)nc1=O. The van der Waals surface area contributed by atoms with E-state index in [1.807, 2.05) is 18.2 Å². The fourth-order valence-electron chi connectivity index (χ4n) is 3.57. The van der Waals surface area contributed by atoms with Crippen molar-refractivity contribution in [1.82, 2.24) is 9.55 Å². The van der Waals surface area contributed by atoms with Gasteiger partial charge >= 0.3 is 5.69 Å². The van der Waals surface area contributed by atoms with Crippen LogP contribution in [0.15, 0.2) is 29.1 Å². The second kappa shape index (κ2) is 10.6. The molecule has 3 heterocycles. The molecule has 0 saturated carbocycles.